The van der Waals surface area contributed by atoms with E-state index in [1.54, 1.807) is 0 Å². The van der Waals surface area contributed by atoms with Crippen molar-refractivity contribution in [2.24, 2.45) is 5.41 Å². The van der Waals surface area contributed by atoms with Crippen LogP contribution in [0.5, 0.6) is 0 Å². The molecule has 1 saturated carbocycles. The summed E-state index contributed by atoms with van der Waals surface area (Å²) < 4.78 is 5.60. The van der Waals surface area contributed by atoms with Crippen molar-refractivity contribution in [3.63, 3.8) is 0 Å². The van der Waals surface area contributed by atoms with Crippen molar-refractivity contribution in [3.05, 3.63) is 43.0 Å². The number of aliphatic hydroxyl groups is 1. The molecular weight excluding hydrogens is 316 g/mol. The molecule has 2 fully saturated rings. The van der Waals surface area contributed by atoms with Gasteiger partial charge >= 0.3 is 5.97 Å². The smallest absolute Gasteiger partial charge is 0.315 e. The molecule has 0 bridgehead atoms. The highest BCUT2D eigenvalue weighted by Gasteiger charge is 2.69. The molecule has 2 unspecified atom stereocenters. The Morgan fingerprint density at radius 2 is 2.04 bits per heavy atom. The third kappa shape index (κ3) is 2.39. The van der Waals surface area contributed by atoms with E-state index >= 15 is 0 Å². The van der Waals surface area contributed by atoms with E-state index in [9.17, 15) is 9.90 Å². The predicted molar refractivity (Wildman–Crippen MR) is 98.9 cm³/mol. The van der Waals surface area contributed by atoms with Gasteiger partial charge in [-0.3, -0.25) is 4.79 Å². The van der Waals surface area contributed by atoms with Crippen LogP contribution in [0, 0.1) is 5.41 Å². The topological polar surface area (TPSA) is 46.5 Å². The summed E-state index contributed by atoms with van der Waals surface area (Å²) in [6.07, 6.45) is 5.48. The number of allylic oxidation sites excluding steroid dienone is 1. The highest BCUT2D eigenvalue weighted by molar-refractivity contribution is 6.91. The first-order chi connectivity index (χ1) is 11.4. The third-order valence-corrected chi connectivity index (χ3v) is 10.7. The zero-order valence-corrected chi connectivity index (χ0v) is 15.8. The molecule has 0 amide bonds. The van der Waals surface area contributed by atoms with Crippen LogP contribution in [0.25, 0.3) is 0 Å². The van der Waals surface area contributed by atoms with E-state index in [1.165, 1.54) is 5.19 Å². The summed E-state index contributed by atoms with van der Waals surface area (Å²) in [6, 6.07) is 10.5. The van der Waals surface area contributed by atoms with Gasteiger partial charge in [-0.1, -0.05) is 54.7 Å². The number of carbonyl (C=O) groups is 1. The first-order valence-corrected chi connectivity index (χ1v) is 12.0. The van der Waals surface area contributed by atoms with Crippen LogP contribution in [0.2, 0.25) is 18.6 Å². The van der Waals surface area contributed by atoms with E-state index < -0.39 is 19.1 Å². The minimum absolute atomic E-state index is 0.109. The van der Waals surface area contributed by atoms with E-state index in [0.717, 1.165) is 19.3 Å². The molecule has 0 aromatic heterocycles. The molecule has 1 spiro atoms. The zero-order valence-electron chi connectivity index (χ0n) is 14.8. The lowest BCUT2D eigenvalue weighted by molar-refractivity contribution is -0.158. The maximum absolute atomic E-state index is 12.9. The summed E-state index contributed by atoms with van der Waals surface area (Å²) in [5, 5.41) is 12.8. The molecule has 4 heteroatoms. The van der Waals surface area contributed by atoms with E-state index in [-0.39, 0.29) is 11.5 Å². The monoisotopic (exact) mass is 344 g/mol. The van der Waals surface area contributed by atoms with Gasteiger partial charge in [0.1, 0.15) is 5.41 Å². The molecule has 130 valence electrons. The highest BCUT2D eigenvalue weighted by Crippen LogP contribution is 2.61. The van der Waals surface area contributed by atoms with Crippen molar-refractivity contribution >= 4 is 19.2 Å². The average Bonchev–Trinajstić information content (AvgIpc) is 3.10. The second kappa shape index (κ2) is 6.16. The lowest BCUT2D eigenvalue weighted by Gasteiger charge is -2.45. The van der Waals surface area contributed by atoms with Crippen LogP contribution in [0.3, 0.4) is 0 Å². The first-order valence-electron chi connectivity index (χ1n) is 8.94. The van der Waals surface area contributed by atoms with Crippen LogP contribution in [-0.4, -0.2) is 31.4 Å². The van der Waals surface area contributed by atoms with Crippen LogP contribution >= 0.6 is 0 Å². The molecule has 3 rings (SSSR count). The van der Waals surface area contributed by atoms with Crippen molar-refractivity contribution < 1.29 is 14.6 Å². The Morgan fingerprint density at radius 1 is 1.33 bits per heavy atom. The van der Waals surface area contributed by atoms with Gasteiger partial charge in [0.25, 0.3) is 0 Å². The lowest BCUT2D eigenvalue weighted by Crippen LogP contribution is -2.58. The number of esters is 1. The maximum atomic E-state index is 12.9. The summed E-state index contributed by atoms with van der Waals surface area (Å²) in [4.78, 5) is 12.9. The predicted octanol–water partition coefficient (Wildman–Crippen LogP) is 3.40. The number of hydrogen-bond donors (Lipinski definition) is 1. The Bertz CT molecular complexity index is 627. The fourth-order valence-electron chi connectivity index (χ4n) is 5.06. The molecule has 1 aromatic carbocycles. The highest BCUT2D eigenvalue weighted by atomic mass is 28.3. The van der Waals surface area contributed by atoms with Crippen LogP contribution in [0.15, 0.2) is 43.0 Å². The van der Waals surface area contributed by atoms with Crippen LogP contribution < -0.4 is 5.19 Å². The molecular formula is C20H28O3Si. The van der Waals surface area contributed by atoms with Gasteiger partial charge in [0.2, 0.25) is 0 Å². The Hall–Kier alpha value is -1.39. The Labute approximate surface area is 145 Å². The van der Waals surface area contributed by atoms with Gasteiger partial charge in [-0.25, -0.2) is 0 Å². The number of hydrogen-bond acceptors (Lipinski definition) is 3. The second-order valence-corrected chi connectivity index (χ2v) is 12.6. The summed E-state index contributed by atoms with van der Waals surface area (Å²) in [5.74, 6) is -0.173. The number of rotatable bonds is 5. The normalized spacial score (nSPS) is 33.0. The fraction of sp³-hybridized carbons (Fsp3) is 0.550. The maximum Gasteiger partial charge on any atom is 0.315 e. The average molecular weight is 345 g/mol. The van der Waals surface area contributed by atoms with Gasteiger partial charge < -0.3 is 9.84 Å². The molecule has 1 aliphatic carbocycles. The number of benzene rings is 1. The molecule has 3 nitrogen and oxygen atoms in total. The van der Waals surface area contributed by atoms with Crippen LogP contribution in [0.1, 0.15) is 32.1 Å². The van der Waals surface area contributed by atoms with Crippen molar-refractivity contribution in [2.75, 3.05) is 6.61 Å². The van der Waals surface area contributed by atoms with E-state index in [4.69, 9.17) is 4.74 Å². The van der Waals surface area contributed by atoms with Crippen molar-refractivity contribution in [1.29, 1.82) is 0 Å². The molecule has 1 aromatic rings. The Balaban J connectivity index is 2.05. The van der Waals surface area contributed by atoms with Crippen molar-refractivity contribution in [1.82, 2.24) is 0 Å². The molecule has 1 N–H and O–H groups in total. The third-order valence-electron chi connectivity index (χ3n) is 6.48. The zero-order chi connectivity index (χ0) is 17.4. The molecule has 3 atom stereocenters. The van der Waals surface area contributed by atoms with Gasteiger partial charge in [-0.05, 0) is 32.1 Å². The SMILES string of the molecule is C=CCCC1(O)CCCC12C(=O)OC[C@@H]2[Si](C)(C)c1ccccc1. The molecule has 24 heavy (non-hydrogen) atoms. The number of carbonyl (C=O) groups excluding carboxylic acids is 1. The number of cyclic esters (lactones) is 1. The van der Waals surface area contributed by atoms with E-state index in [2.05, 4.69) is 43.9 Å². The minimum atomic E-state index is -1.99. The largest absolute Gasteiger partial charge is 0.465 e. The quantitative estimate of drug-likeness (QED) is 0.506. The van der Waals surface area contributed by atoms with E-state index in [0.29, 0.717) is 19.4 Å². The van der Waals surface area contributed by atoms with Gasteiger partial charge in [-0.2, -0.15) is 0 Å². The van der Waals surface area contributed by atoms with Crippen LogP contribution in [0.4, 0.5) is 0 Å². The van der Waals surface area contributed by atoms with Crippen LogP contribution in [-0.2, 0) is 9.53 Å². The van der Waals surface area contributed by atoms with Crippen molar-refractivity contribution in [2.45, 2.75) is 56.3 Å². The standard InChI is InChI=1S/C20H28O3Si/c1-4-5-12-19(22)13-9-14-20(19)17(15-23-18(20)21)24(2,3)16-10-7-6-8-11-16/h4,6-8,10-11,17,22H,1,5,9,12-15H2,2-3H3/t17-,19?,20?/m0/s1. The summed E-state index contributed by atoms with van der Waals surface area (Å²) in [5.41, 5.74) is -1.59. The summed E-state index contributed by atoms with van der Waals surface area (Å²) in [7, 11) is -1.99. The number of ether oxygens (including phenoxy) is 1. The summed E-state index contributed by atoms with van der Waals surface area (Å²) in [6.45, 7) is 8.85. The molecule has 1 heterocycles. The minimum Gasteiger partial charge on any atom is -0.465 e. The Kier molecular flexibility index (Phi) is 4.47. The fourth-order valence-corrected chi connectivity index (χ4v) is 8.78. The van der Waals surface area contributed by atoms with E-state index in [1.807, 2.05) is 12.1 Å². The van der Waals surface area contributed by atoms with Crippen molar-refractivity contribution in [3.8, 4) is 0 Å². The molecule has 1 saturated heterocycles. The molecule has 1 aliphatic heterocycles. The van der Waals surface area contributed by atoms with Gasteiger partial charge in [0.15, 0.2) is 0 Å². The molecule has 2 aliphatic rings. The molecule has 0 radical (unpaired) electrons. The first kappa shape index (κ1) is 17.4. The van der Waals surface area contributed by atoms with Gasteiger partial charge in [-0.15, -0.1) is 6.58 Å². The summed E-state index contributed by atoms with van der Waals surface area (Å²) >= 11 is 0. The van der Waals surface area contributed by atoms with Gasteiger partial charge in [0, 0.05) is 5.54 Å². The second-order valence-electron chi connectivity index (χ2n) is 7.92. The lowest BCUT2D eigenvalue weighted by atomic mass is 9.70. The van der Waals surface area contributed by atoms with Gasteiger partial charge in [0.05, 0.1) is 20.3 Å². The Morgan fingerprint density at radius 3 is 2.71 bits per heavy atom.